The van der Waals surface area contributed by atoms with Gasteiger partial charge in [-0.15, -0.1) is 0 Å². The molecule has 1 N–H and O–H groups in total. The van der Waals surface area contributed by atoms with Crippen LogP contribution in [0, 0.1) is 0 Å². The van der Waals surface area contributed by atoms with Crippen LogP contribution in [-0.2, 0) is 4.79 Å². The Morgan fingerprint density at radius 2 is 1.60 bits per heavy atom. The van der Waals surface area contributed by atoms with Crippen LogP contribution in [0.5, 0.6) is 11.5 Å². The Hall–Kier alpha value is -2.81. The molecule has 0 aromatic heterocycles. The molecule has 0 radical (unpaired) electrons. The lowest BCUT2D eigenvalue weighted by Crippen LogP contribution is -2.03. The van der Waals surface area contributed by atoms with Crippen LogP contribution >= 0.6 is 0 Å². The van der Waals surface area contributed by atoms with Crippen LogP contribution in [0.1, 0.15) is 11.1 Å². The van der Waals surface area contributed by atoms with E-state index >= 15 is 0 Å². The van der Waals surface area contributed by atoms with Gasteiger partial charge < -0.3 is 9.84 Å². The van der Waals surface area contributed by atoms with Gasteiger partial charge in [-0.1, -0.05) is 36.9 Å². The average molecular weight is 266 g/mol. The van der Waals surface area contributed by atoms with Gasteiger partial charge in [-0.2, -0.15) is 0 Å². The van der Waals surface area contributed by atoms with E-state index in [9.17, 15) is 4.79 Å². The minimum atomic E-state index is -0.454. The zero-order valence-electron chi connectivity index (χ0n) is 10.8. The maximum atomic E-state index is 11.6. The van der Waals surface area contributed by atoms with Crippen LogP contribution in [0.4, 0.5) is 0 Å². The molecule has 0 saturated heterocycles. The van der Waals surface area contributed by atoms with Gasteiger partial charge in [0.2, 0.25) is 0 Å². The third-order valence-corrected chi connectivity index (χ3v) is 2.64. The molecule has 0 fully saturated rings. The van der Waals surface area contributed by atoms with Gasteiger partial charge >= 0.3 is 5.97 Å². The molecule has 0 bridgehead atoms. The molecule has 100 valence electrons. The van der Waals surface area contributed by atoms with Crippen LogP contribution in [0.3, 0.4) is 0 Å². The first-order valence-corrected chi connectivity index (χ1v) is 6.09. The minimum absolute atomic E-state index is 0.187. The van der Waals surface area contributed by atoms with Crippen LogP contribution in [0.2, 0.25) is 0 Å². The predicted molar refractivity (Wildman–Crippen MR) is 79.3 cm³/mol. The number of hydrogen-bond acceptors (Lipinski definition) is 3. The first-order valence-electron chi connectivity index (χ1n) is 6.09. The number of carbonyl (C=O) groups is 1. The van der Waals surface area contributed by atoms with E-state index in [1.165, 1.54) is 6.08 Å². The highest BCUT2D eigenvalue weighted by Gasteiger charge is 2.00. The largest absolute Gasteiger partial charge is 0.508 e. The lowest BCUT2D eigenvalue weighted by Gasteiger charge is -2.01. The second-order valence-electron chi connectivity index (χ2n) is 4.12. The lowest BCUT2D eigenvalue weighted by molar-refractivity contribution is -0.128. The molecule has 2 aromatic rings. The van der Waals surface area contributed by atoms with E-state index in [4.69, 9.17) is 9.84 Å². The van der Waals surface area contributed by atoms with E-state index in [1.807, 2.05) is 12.1 Å². The highest BCUT2D eigenvalue weighted by Crippen LogP contribution is 2.14. The van der Waals surface area contributed by atoms with E-state index in [0.29, 0.717) is 5.75 Å². The molecule has 0 aliphatic carbocycles. The molecule has 0 atom stereocenters. The Kier molecular flexibility index (Phi) is 4.35. The molecule has 0 aliphatic rings. The van der Waals surface area contributed by atoms with Crippen molar-refractivity contribution in [2.45, 2.75) is 0 Å². The van der Waals surface area contributed by atoms with Gasteiger partial charge in [0.05, 0.1) is 0 Å². The van der Waals surface area contributed by atoms with Crippen molar-refractivity contribution in [3.63, 3.8) is 0 Å². The van der Waals surface area contributed by atoms with Gasteiger partial charge in [-0.3, -0.25) is 0 Å². The molecule has 3 heteroatoms. The summed E-state index contributed by atoms with van der Waals surface area (Å²) in [6.45, 7) is 3.65. The quantitative estimate of drug-likeness (QED) is 0.522. The van der Waals surface area contributed by atoms with Crippen LogP contribution in [0.25, 0.3) is 12.2 Å². The number of phenolic OH excluding ortho intramolecular Hbond substituents is 1. The summed E-state index contributed by atoms with van der Waals surface area (Å²) in [5.74, 6) is 0.215. The Morgan fingerprint density at radius 3 is 2.20 bits per heavy atom. The summed E-state index contributed by atoms with van der Waals surface area (Å²) in [7, 11) is 0. The normalized spacial score (nSPS) is 10.4. The number of aromatic hydroxyl groups is 1. The van der Waals surface area contributed by atoms with E-state index in [-0.39, 0.29) is 5.75 Å². The zero-order valence-corrected chi connectivity index (χ0v) is 10.8. The standard InChI is InChI=1S/C17H14O3/c1-2-13-5-10-16(11-6-13)20-17(19)12-7-14-3-8-15(18)9-4-14/h2-12,18H,1H2/b12-7+. The number of esters is 1. The fourth-order valence-electron chi connectivity index (χ4n) is 1.57. The van der Waals surface area contributed by atoms with Gasteiger partial charge in [-0.05, 0) is 41.5 Å². The van der Waals surface area contributed by atoms with Crippen molar-refractivity contribution in [3.8, 4) is 11.5 Å². The number of hydrogen-bond donors (Lipinski definition) is 1. The highest BCUT2D eigenvalue weighted by molar-refractivity contribution is 5.88. The summed E-state index contributed by atoms with van der Waals surface area (Å²) in [6.07, 6.45) is 4.68. The maximum Gasteiger partial charge on any atom is 0.336 e. The van der Waals surface area contributed by atoms with Crippen molar-refractivity contribution in [1.82, 2.24) is 0 Å². The molecule has 0 spiro atoms. The smallest absolute Gasteiger partial charge is 0.336 e. The monoisotopic (exact) mass is 266 g/mol. The predicted octanol–water partition coefficient (Wildman–Crippen LogP) is 3.65. The molecular weight excluding hydrogens is 252 g/mol. The Morgan fingerprint density at radius 1 is 1.00 bits per heavy atom. The van der Waals surface area contributed by atoms with Gasteiger partial charge in [0, 0.05) is 6.08 Å². The Labute approximate surface area is 117 Å². The second kappa shape index (κ2) is 6.38. The highest BCUT2D eigenvalue weighted by atomic mass is 16.5. The summed E-state index contributed by atoms with van der Waals surface area (Å²) >= 11 is 0. The summed E-state index contributed by atoms with van der Waals surface area (Å²) in [6, 6.07) is 13.6. The van der Waals surface area contributed by atoms with Crippen molar-refractivity contribution < 1.29 is 14.6 Å². The Bertz CT molecular complexity index is 622. The molecule has 0 aliphatic heterocycles. The molecule has 2 rings (SSSR count). The summed E-state index contributed by atoms with van der Waals surface area (Å²) in [5.41, 5.74) is 1.77. The summed E-state index contributed by atoms with van der Waals surface area (Å²) < 4.78 is 5.15. The van der Waals surface area contributed by atoms with Gasteiger partial charge in [-0.25, -0.2) is 4.79 Å². The summed E-state index contributed by atoms with van der Waals surface area (Å²) in [4.78, 5) is 11.6. The van der Waals surface area contributed by atoms with Crippen molar-refractivity contribution in [2.24, 2.45) is 0 Å². The molecule has 20 heavy (non-hydrogen) atoms. The van der Waals surface area contributed by atoms with Gasteiger partial charge in [0.25, 0.3) is 0 Å². The number of ether oxygens (including phenoxy) is 1. The van der Waals surface area contributed by atoms with Crippen molar-refractivity contribution in [2.75, 3.05) is 0 Å². The molecule has 3 nitrogen and oxygen atoms in total. The number of benzene rings is 2. The molecule has 0 heterocycles. The number of rotatable bonds is 4. The van der Waals surface area contributed by atoms with Gasteiger partial charge in [0.15, 0.2) is 0 Å². The molecule has 2 aromatic carbocycles. The number of phenols is 1. The van der Waals surface area contributed by atoms with E-state index in [0.717, 1.165) is 11.1 Å². The minimum Gasteiger partial charge on any atom is -0.508 e. The van der Waals surface area contributed by atoms with Gasteiger partial charge in [0.1, 0.15) is 11.5 Å². The van der Waals surface area contributed by atoms with Crippen LogP contribution in [0.15, 0.2) is 61.2 Å². The topological polar surface area (TPSA) is 46.5 Å². The summed E-state index contributed by atoms with van der Waals surface area (Å²) in [5, 5.41) is 9.15. The van der Waals surface area contributed by atoms with Crippen molar-refractivity contribution >= 4 is 18.1 Å². The fraction of sp³-hybridized carbons (Fsp3) is 0. The van der Waals surface area contributed by atoms with Crippen molar-refractivity contribution in [3.05, 3.63) is 72.3 Å². The first-order chi connectivity index (χ1) is 9.67. The molecule has 0 saturated carbocycles. The van der Waals surface area contributed by atoms with Crippen molar-refractivity contribution in [1.29, 1.82) is 0 Å². The number of carbonyl (C=O) groups excluding carboxylic acids is 1. The van der Waals surface area contributed by atoms with Crippen LogP contribution in [-0.4, -0.2) is 11.1 Å². The Balaban J connectivity index is 1.97. The van der Waals surface area contributed by atoms with E-state index < -0.39 is 5.97 Å². The van der Waals surface area contributed by atoms with Crippen LogP contribution < -0.4 is 4.74 Å². The third kappa shape index (κ3) is 3.85. The zero-order chi connectivity index (χ0) is 14.4. The second-order valence-corrected chi connectivity index (χ2v) is 4.12. The lowest BCUT2D eigenvalue weighted by atomic mass is 10.2. The maximum absolute atomic E-state index is 11.6. The molecule has 0 unspecified atom stereocenters. The average Bonchev–Trinajstić information content (AvgIpc) is 2.47. The van der Waals surface area contributed by atoms with E-state index in [2.05, 4.69) is 6.58 Å². The molecule has 0 amide bonds. The van der Waals surface area contributed by atoms with E-state index in [1.54, 1.807) is 48.6 Å². The third-order valence-electron chi connectivity index (χ3n) is 2.64. The first kappa shape index (κ1) is 13.6. The molecular formula is C17H14O3. The fourth-order valence-corrected chi connectivity index (χ4v) is 1.57. The SMILES string of the molecule is C=Cc1ccc(OC(=O)/C=C/c2ccc(O)cc2)cc1.